The molecule has 0 heterocycles. The number of carbonyl (C=O) groups excluding carboxylic acids is 1. The number of sulfonamides is 1. The molecule has 4 fully saturated rings. The topological polar surface area (TPSA) is 66.5 Å². The molecule has 0 saturated heterocycles. The summed E-state index contributed by atoms with van der Waals surface area (Å²) in [7, 11) is -3.63. The molecule has 4 bridgehead atoms. The second-order valence-corrected chi connectivity index (χ2v) is 12.7. The van der Waals surface area contributed by atoms with Gasteiger partial charge in [0.05, 0.1) is 11.9 Å². The molecule has 0 radical (unpaired) electrons. The Bertz CT molecular complexity index is 1100. The van der Waals surface area contributed by atoms with E-state index < -0.39 is 16.1 Å². The maximum atomic E-state index is 13.0. The molecule has 2 aromatic carbocycles. The highest BCUT2D eigenvalue weighted by molar-refractivity contribution is 7.92. The standard InChI is InChI=1S/C27H34N2O3S/c1-18-4-10-25(11-5-18)29(33(3,31)32)19(2)26(30)28-24-8-6-23(7-9-24)27-15-20-12-21(16-27)14-22(13-20)17-27/h4-11,19-22H,12-17H2,1-3H3,(H,28,30)/t19-,20?,21?,22?,27?/m0/s1. The fourth-order valence-electron chi connectivity index (χ4n) is 7.12. The van der Waals surface area contributed by atoms with Crippen LogP contribution in [0.15, 0.2) is 48.5 Å². The molecule has 33 heavy (non-hydrogen) atoms. The second-order valence-electron chi connectivity index (χ2n) is 10.8. The van der Waals surface area contributed by atoms with Gasteiger partial charge in [-0.15, -0.1) is 0 Å². The first-order valence-electron chi connectivity index (χ1n) is 12.1. The van der Waals surface area contributed by atoms with Gasteiger partial charge in [0.15, 0.2) is 0 Å². The van der Waals surface area contributed by atoms with Crippen LogP contribution >= 0.6 is 0 Å². The van der Waals surface area contributed by atoms with Crippen LogP contribution in [0.3, 0.4) is 0 Å². The number of rotatable bonds is 6. The van der Waals surface area contributed by atoms with Crippen LogP contribution in [0.4, 0.5) is 11.4 Å². The zero-order chi connectivity index (χ0) is 23.4. The molecule has 1 atom stereocenters. The number of aryl methyl sites for hydroxylation is 1. The number of carbonyl (C=O) groups is 1. The van der Waals surface area contributed by atoms with Gasteiger partial charge in [0.2, 0.25) is 15.9 Å². The molecule has 6 rings (SSSR count). The SMILES string of the molecule is Cc1ccc(N([C@@H](C)C(=O)Nc2ccc(C34CC5CC(CC(C5)C3)C4)cc2)S(C)(=O)=O)cc1. The summed E-state index contributed by atoms with van der Waals surface area (Å²) in [5.41, 5.74) is 3.96. The van der Waals surface area contributed by atoms with Crippen molar-refractivity contribution in [2.45, 2.75) is 63.8 Å². The van der Waals surface area contributed by atoms with Crippen molar-refractivity contribution < 1.29 is 13.2 Å². The first-order valence-corrected chi connectivity index (χ1v) is 14.0. The molecule has 0 aromatic heterocycles. The Hall–Kier alpha value is -2.34. The molecular weight excluding hydrogens is 432 g/mol. The van der Waals surface area contributed by atoms with Crippen LogP contribution in [0, 0.1) is 24.7 Å². The van der Waals surface area contributed by atoms with Crippen LogP contribution < -0.4 is 9.62 Å². The average Bonchev–Trinajstić information content (AvgIpc) is 2.74. The Labute approximate surface area is 197 Å². The molecule has 176 valence electrons. The summed E-state index contributed by atoms with van der Waals surface area (Å²) in [6.45, 7) is 3.57. The first-order chi connectivity index (χ1) is 15.6. The third kappa shape index (κ3) is 4.30. The summed E-state index contributed by atoms with van der Waals surface area (Å²) in [6.07, 6.45) is 9.32. The largest absolute Gasteiger partial charge is 0.324 e. The number of benzene rings is 2. The predicted molar refractivity (Wildman–Crippen MR) is 133 cm³/mol. The number of nitrogens with zero attached hydrogens (tertiary/aromatic N) is 1. The highest BCUT2D eigenvalue weighted by Crippen LogP contribution is 2.60. The van der Waals surface area contributed by atoms with Crippen molar-refractivity contribution in [1.82, 2.24) is 0 Å². The zero-order valence-corrected chi connectivity index (χ0v) is 20.6. The van der Waals surface area contributed by atoms with Crippen molar-refractivity contribution in [3.63, 3.8) is 0 Å². The first kappa shape index (κ1) is 22.5. The lowest BCUT2D eigenvalue weighted by atomic mass is 9.48. The number of amides is 1. The van der Waals surface area contributed by atoms with E-state index in [0.29, 0.717) is 16.8 Å². The molecular formula is C27H34N2O3S. The van der Waals surface area contributed by atoms with Crippen LogP contribution in [0.5, 0.6) is 0 Å². The quantitative estimate of drug-likeness (QED) is 0.632. The van der Waals surface area contributed by atoms with Gasteiger partial charge in [-0.1, -0.05) is 29.8 Å². The van der Waals surface area contributed by atoms with Crippen molar-refractivity contribution in [2.24, 2.45) is 17.8 Å². The fraction of sp³-hybridized carbons (Fsp3) is 0.519. The van der Waals surface area contributed by atoms with Gasteiger partial charge in [0.1, 0.15) is 6.04 Å². The summed E-state index contributed by atoms with van der Waals surface area (Å²) < 4.78 is 26.2. The van der Waals surface area contributed by atoms with Crippen molar-refractivity contribution in [1.29, 1.82) is 0 Å². The third-order valence-corrected chi connectivity index (χ3v) is 9.42. The molecule has 6 heteroatoms. The molecule has 2 aromatic rings. The molecule has 1 N–H and O–H groups in total. The minimum Gasteiger partial charge on any atom is -0.324 e. The van der Waals surface area contributed by atoms with E-state index in [9.17, 15) is 13.2 Å². The Morgan fingerprint density at radius 3 is 1.94 bits per heavy atom. The molecule has 4 aliphatic rings. The summed E-state index contributed by atoms with van der Waals surface area (Å²) >= 11 is 0. The van der Waals surface area contributed by atoms with Gasteiger partial charge in [0.25, 0.3) is 0 Å². The van der Waals surface area contributed by atoms with Crippen molar-refractivity contribution in [2.75, 3.05) is 15.9 Å². The van der Waals surface area contributed by atoms with Gasteiger partial charge in [-0.25, -0.2) is 8.42 Å². The molecule has 1 amide bonds. The highest BCUT2D eigenvalue weighted by Gasteiger charge is 2.51. The van der Waals surface area contributed by atoms with Gasteiger partial charge in [-0.05, 0) is 105 Å². The van der Waals surface area contributed by atoms with Gasteiger partial charge < -0.3 is 5.32 Å². The maximum Gasteiger partial charge on any atom is 0.247 e. The van der Waals surface area contributed by atoms with E-state index in [4.69, 9.17) is 0 Å². The van der Waals surface area contributed by atoms with E-state index in [-0.39, 0.29) is 5.91 Å². The number of anilines is 2. The number of nitrogens with one attached hydrogen (secondary N) is 1. The lowest BCUT2D eigenvalue weighted by Gasteiger charge is -2.57. The number of hydrogen-bond donors (Lipinski definition) is 1. The van der Waals surface area contributed by atoms with Gasteiger partial charge >= 0.3 is 0 Å². The van der Waals surface area contributed by atoms with Gasteiger partial charge in [-0.2, -0.15) is 0 Å². The highest BCUT2D eigenvalue weighted by atomic mass is 32.2. The summed E-state index contributed by atoms with van der Waals surface area (Å²) in [5, 5.41) is 2.93. The van der Waals surface area contributed by atoms with Crippen LogP contribution in [-0.2, 0) is 20.2 Å². The predicted octanol–water partition coefficient (Wildman–Crippen LogP) is 5.26. The van der Waals surface area contributed by atoms with Crippen LogP contribution in [0.1, 0.15) is 56.6 Å². The lowest BCUT2D eigenvalue weighted by molar-refractivity contribution is -0.116. The molecule has 5 nitrogen and oxygen atoms in total. The lowest BCUT2D eigenvalue weighted by Crippen LogP contribution is -2.48. The Morgan fingerprint density at radius 2 is 1.45 bits per heavy atom. The van der Waals surface area contributed by atoms with Crippen molar-refractivity contribution in [3.05, 3.63) is 59.7 Å². The minimum atomic E-state index is -3.63. The van der Waals surface area contributed by atoms with E-state index in [1.807, 2.05) is 31.2 Å². The van der Waals surface area contributed by atoms with Crippen LogP contribution in [0.25, 0.3) is 0 Å². The van der Waals surface area contributed by atoms with Crippen molar-refractivity contribution >= 4 is 27.3 Å². The van der Waals surface area contributed by atoms with Crippen LogP contribution in [-0.4, -0.2) is 26.6 Å². The van der Waals surface area contributed by atoms with Crippen LogP contribution in [0.2, 0.25) is 0 Å². The molecule has 0 spiro atoms. The Balaban J connectivity index is 1.32. The fourth-order valence-corrected chi connectivity index (χ4v) is 8.29. The molecule has 4 aliphatic carbocycles. The zero-order valence-electron chi connectivity index (χ0n) is 19.8. The van der Waals surface area contributed by atoms with E-state index >= 15 is 0 Å². The Morgan fingerprint density at radius 1 is 0.939 bits per heavy atom. The normalized spacial score (nSPS) is 29.0. The van der Waals surface area contributed by atoms with Gasteiger partial charge in [-0.3, -0.25) is 9.10 Å². The maximum absolute atomic E-state index is 13.0. The molecule has 4 saturated carbocycles. The Kier molecular flexibility index (Phi) is 5.55. The second kappa shape index (κ2) is 8.15. The summed E-state index contributed by atoms with van der Waals surface area (Å²) in [5.74, 6) is 2.32. The van der Waals surface area contributed by atoms with Crippen molar-refractivity contribution in [3.8, 4) is 0 Å². The number of hydrogen-bond acceptors (Lipinski definition) is 3. The molecule has 0 aliphatic heterocycles. The molecule has 0 unspecified atom stereocenters. The average molecular weight is 467 g/mol. The summed E-state index contributed by atoms with van der Waals surface area (Å²) in [4.78, 5) is 13.0. The van der Waals surface area contributed by atoms with Gasteiger partial charge in [0, 0.05) is 5.69 Å². The monoisotopic (exact) mass is 466 g/mol. The minimum absolute atomic E-state index is 0.323. The smallest absolute Gasteiger partial charge is 0.247 e. The van der Waals surface area contributed by atoms with E-state index in [0.717, 1.165) is 29.6 Å². The summed E-state index contributed by atoms with van der Waals surface area (Å²) in [6, 6.07) is 14.6. The third-order valence-electron chi connectivity index (χ3n) is 8.18. The van der Waals surface area contributed by atoms with E-state index in [1.165, 1.54) is 48.4 Å². The van der Waals surface area contributed by atoms with E-state index in [2.05, 4.69) is 17.4 Å². The van der Waals surface area contributed by atoms with E-state index in [1.54, 1.807) is 19.1 Å².